The van der Waals surface area contributed by atoms with Crippen molar-refractivity contribution >= 4 is 5.78 Å². The zero-order valence-electron chi connectivity index (χ0n) is 12.9. The molecule has 1 N–H and O–H groups in total. The molecule has 132 valence electrons. The number of ether oxygens (including phenoxy) is 1. The first-order valence-corrected chi connectivity index (χ1v) is 7.46. The van der Waals surface area contributed by atoms with E-state index in [-0.39, 0.29) is 18.4 Å². The lowest BCUT2D eigenvalue weighted by Crippen LogP contribution is -2.42. The fraction of sp³-hybridized carbons (Fsp3) is 0.438. The quantitative estimate of drug-likeness (QED) is 0.635. The Bertz CT molecular complexity index is 566. The molecule has 1 heterocycles. The van der Waals surface area contributed by atoms with E-state index in [0.717, 1.165) is 11.8 Å². The van der Waals surface area contributed by atoms with Crippen LogP contribution in [0.4, 0.5) is 17.6 Å². The maximum atomic E-state index is 13.1. The fourth-order valence-corrected chi connectivity index (χ4v) is 2.44. The highest BCUT2D eigenvalue weighted by Gasteiger charge is 2.36. The van der Waals surface area contributed by atoms with Gasteiger partial charge in [-0.05, 0) is 17.7 Å². The molecule has 0 aliphatic carbocycles. The van der Waals surface area contributed by atoms with Gasteiger partial charge in [-0.1, -0.05) is 12.1 Å². The molecule has 0 bridgehead atoms. The Morgan fingerprint density at radius 3 is 2.46 bits per heavy atom. The Kier molecular flexibility index (Phi) is 6.33. The number of hydrogen-bond acceptors (Lipinski definition) is 4. The van der Waals surface area contributed by atoms with Crippen molar-refractivity contribution in [1.82, 2.24) is 10.2 Å². The first-order chi connectivity index (χ1) is 11.4. The highest BCUT2D eigenvalue weighted by Crippen LogP contribution is 2.22. The van der Waals surface area contributed by atoms with Gasteiger partial charge >= 0.3 is 6.18 Å². The van der Waals surface area contributed by atoms with Gasteiger partial charge in [-0.25, -0.2) is 4.39 Å². The van der Waals surface area contributed by atoms with Crippen molar-refractivity contribution < 1.29 is 27.1 Å². The summed E-state index contributed by atoms with van der Waals surface area (Å²) in [4.78, 5) is 12.9. The second-order valence-electron chi connectivity index (χ2n) is 5.32. The summed E-state index contributed by atoms with van der Waals surface area (Å²) in [6, 6.07) is 5.79. The number of hydrogen-bond donors (Lipinski definition) is 1. The van der Waals surface area contributed by atoms with Crippen LogP contribution in [0.5, 0.6) is 0 Å². The predicted molar refractivity (Wildman–Crippen MR) is 79.7 cm³/mol. The third kappa shape index (κ3) is 5.31. The summed E-state index contributed by atoms with van der Waals surface area (Å²) in [5.41, 5.74) is 0.835. The van der Waals surface area contributed by atoms with E-state index >= 15 is 0 Å². The predicted octanol–water partition coefficient (Wildman–Crippen LogP) is 2.43. The number of alkyl halides is 3. The van der Waals surface area contributed by atoms with E-state index in [1.54, 1.807) is 12.1 Å². The van der Waals surface area contributed by atoms with Crippen LogP contribution in [0, 0.1) is 5.82 Å². The van der Waals surface area contributed by atoms with E-state index in [0.29, 0.717) is 32.4 Å². The van der Waals surface area contributed by atoms with Gasteiger partial charge in [-0.3, -0.25) is 9.69 Å². The molecule has 0 spiro atoms. The molecular weight excluding hydrogens is 328 g/mol. The van der Waals surface area contributed by atoms with Gasteiger partial charge in [0.25, 0.3) is 5.78 Å². The van der Waals surface area contributed by atoms with Crippen LogP contribution in [-0.4, -0.2) is 49.7 Å². The third-order valence-electron chi connectivity index (χ3n) is 3.68. The molecule has 1 aliphatic rings. The molecule has 24 heavy (non-hydrogen) atoms. The van der Waals surface area contributed by atoms with Crippen LogP contribution in [0.25, 0.3) is 0 Å². The molecule has 4 nitrogen and oxygen atoms in total. The van der Waals surface area contributed by atoms with Crippen LogP contribution in [0.2, 0.25) is 0 Å². The minimum atomic E-state index is -4.88. The average Bonchev–Trinajstić information content (AvgIpc) is 2.56. The number of allylic oxidation sites excluding steroid dienone is 1. The number of carbonyl (C=O) groups is 1. The van der Waals surface area contributed by atoms with Crippen molar-refractivity contribution in [3.05, 3.63) is 47.9 Å². The van der Waals surface area contributed by atoms with E-state index in [1.165, 1.54) is 12.1 Å². The Morgan fingerprint density at radius 2 is 1.88 bits per heavy atom. The Balaban J connectivity index is 2.02. The topological polar surface area (TPSA) is 41.6 Å². The number of morpholine rings is 1. The molecule has 1 aromatic rings. The van der Waals surface area contributed by atoms with Crippen molar-refractivity contribution in [2.24, 2.45) is 0 Å². The molecule has 8 heteroatoms. The van der Waals surface area contributed by atoms with E-state index in [1.807, 2.05) is 0 Å². The van der Waals surface area contributed by atoms with Gasteiger partial charge in [0.1, 0.15) is 5.82 Å². The number of nitrogens with one attached hydrogen (secondary N) is 1. The highest BCUT2D eigenvalue weighted by molar-refractivity contribution is 5.94. The number of rotatable bonds is 6. The molecule has 0 saturated carbocycles. The van der Waals surface area contributed by atoms with Crippen molar-refractivity contribution in [3.8, 4) is 0 Å². The van der Waals surface area contributed by atoms with Gasteiger partial charge in [-0.2, -0.15) is 13.2 Å². The zero-order chi connectivity index (χ0) is 17.6. The van der Waals surface area contributed by atoms with E-state index < -0.39 is 12.0 Å². The molecule has 1 unspecified atom stereocenters. The molecule has 0 radical (unpaired) electrons. The van der Waals surface area contributed by atoms with Gasteiger partial charge in [0.15, 0.2) is 0 Å². The van der Waals surface area contributed by atoms with Crippen LogP contribution in [0.15, 0.2) is 36.5 Å². The SMILES string of the molecule is O=C(/C=C/NCC(c1ccc(F)cc1)N1CCOCC1)C(F)(F)F. The minimum Gasteiger partial charge on any atom is -0.389 e. The summed E-state index contributed by atoms with van der Waals surface area (Å²) >= 11 is 0. The van der Waals surface area contributed by atoms with Gasteiger partial charge in [0.05, 0.1) is 19.3 Å². The summed E-state index contributed by atoms with van der Waals surface area (Å²) in [7, 11) is 0. The fourth-order valence-electron chi connectivity index (χ4n) is 2.44. The maximum absolute atomic E-state index is 13.1. The number of halogens is 4. The lowest BCUT2D eigenvalue weighted by Gasteiger charge is -2.34. The van der Waals surface area contributed by atoms with Crippen molar-refractivity contribution in [1.29, 1.82) is 0 Å². The molecule has 1 aliphatic heterocycles. The monoisotopic (exact) mass is 346 g/mol. The van der Waals surface area contributed by atoms with E-state index in [4.69, 9.17) is 4.74 Å². The molecular formula is C16H18F4N2O2. The van der Waals surface area contributed by atoms with Crippen LogP contribution in [0.3, 0.4) is 0 Å². The van der Waals surface area contributed by atoms with Crippen molar-refractivity contribution in [3.63, 3.8) is 0 Å². The highest BCUT2D eigenvalue weighted by atomic mass is 19.4. The largest absolute Gasteiger partial charge is 0.454 e. The van der Waals surface area contributed by atoms with E-state index in [2.05, 4.69) is 10.2 Å². The van der Waals surface area contributed by atoms with Crippen molar-refractivity contribution in [2.45, 2.75) is 12.2 Å². The van der Waals surface area contributed by atoms with Crippen LogP contribution in [0.1, 0.15) is 11.6 Å². The second-order valence-corrected chi connectivity index (χ2v) is 5.32. The maximum Gasteiger partial charge on any atom is 0.454 e. The Hall–Kier alpha value is -1.93. The summed E-state index contributed by atoms with van der Waals surface area (Å²) in [6.45, 7) is 2.72. The first kappa shape index (κ1) is 18.4. The smallest absolute Gasteiger partial charge is 0.389 e. The van der Waals surface area contributed by atoms with Gasteiger partial charge in [-0.15, -0.1) is 0 Å². The van der Waals surface area contributed by atoms with Gasteiger partial charge in [0, 0.05) is 31.9 Å². The lowest BCUT2D eigenvalue weighted by atomic mass is 10.0. The van der Waals surface area contributed by atoms with Gasteiger partial charge in [0.2, 0.25) is 0 Å². The van der Waals surface area contributed by atoms with Gasteiger partial charge < -0.3 is 10.1 Å². The minimum absolute atomic E-state index is 0.167. The van der Waals surface area contributed by atoms with E-state index in [9.17, 15) is 22.4 Å². The second kappa shape index (κ2) is 8.25. The summed E-state index contributed by atoms with van der Waals surface area (Å²) in [6.07, 6.45) is -3.42. The number of ketones is 1. The number of carbonyl (C=O) groups excluding carboxylic acids is 1. The third-order valence-corrected chi connectivity index (χ3v) is 3.68. The van der Waals surface area contributed by atoms with Crippen LogP contribution >= 0.6 is 0 Å². The Morgan fingerprint density at radius 1 is 1.25 bits per heavy atom. The Labute approximate surface area is 137 Å². The molecule has 1 atom stereocenters. The average molecular weight is 346 g/mol. The number of nitrogens with zero attached hydrogens (tertiary/aromatic N) is 1. The summed E-state index contributed by atoms with van der Waals surface area (Å²) < 4.78 is 54.8. The van der Waals surface area contributed by atoms with Crippen LogP contribution < -0.4 is 5.32 Å². The lowest BCUT2D eigenvalue weighted by molar-refractivity contribution is -0.165. The first-order valence-electron chi connectivity index (χ1n) is 7.46. The summed E-state index contributed by atoms with van der Waals surface area (Å²) in [5.74, 6) is -2.28. The molecule has 0 amide bonds. The zero-order valence-corrected chi connectivity index (χ0v) is 12.9. The number of benzene rings is 1. The molecule has 2 rings (SSSR count). The molecule has 1 aromatic carbocycles. The van der Waals surface area contributed by atoms with Crippen molar-refractivity contribution in [2.75, 3.05) is 32.8 Å². The van der Waals surface area contributed by atoms with Crippen LogP contribution in [-0.2, 0) is 9.53 Å². The molecule has 0 aromatic heterocycles. The normalized spacial score (nSPS) is 17.8. The standard InChI is InChI=1S/C16H18F4N2O2/c17-13-3-1-12(2-4-13)14(22-7-9-24-10-8-22)11-21-6-5-15(23)16(18,19)20/h1-6,14,21H,7-11H2/b6-5+. The summed E-state index contributed by atoms with van der Waals surface area (Å²) in [5, 5.41) is 2.72. The molecule has 1 fully saturated rings. The molecule has 1 saturated heterocycles.